The van der Waals surface area contributed by atoms with Crippen LogP contribution in [-0.2, 0) is 6.54 Å². The normalized spacial score (nSPS) is 10.6. The Morgan fingerprint density at radius 3 is 2.67 bits per heavy atom. The van der Waals surface area contributed by atoms with Gasteiger partial charge in [-0.2, -0.15) is 5.10 Å². The topological polar surface area (TPSA) is 59.8 Å². The van der Waals surface area contributed by atoms with Crippen molar-refractivity contribution in [1.82, 2.24) is 20.1 Å². The Morgan fingerprint density at radius 1 is 1.12 bits per heavy atom. The molecule has 0 atom stereocenters. The van der Waals surface area contributed by atoms with Gasteiger partial charge in [0.25, 0.3) is 5.91 Å². The highest BCUT2D eigenvalue weighted by Gasteiger charge is 2.13. The number of hydrogen-bond acceptors (Lipinski definition) is 3. The molecule has 3 rings (SSSR count). The Hall–Kier alpha value is -2.95. The molecule has 0 aliphatic carbocycles. The molecule has 0 saturated carbocycles. The van der Waals surface area contributed by atoms with E-state index >= 15 is 0 Å². The van der Waals surface area contributed by atoms with E-state index in [9.17, 15) is 4.79 Å². The van der Waals surface area contributed by atoms with E-state index < -0.39 is 0 Å². The second kappa shape index (κ2) is 6.66. The van der Waals surface area contributed by atoms with Crippen LogP contribution < -0.4 is 5.32 Å². The van der Waals surface area contributed by atoms with Crippen LogP contribution in [0.25, 0.3) is 5.69 Å². The number of carbonyl (C=O) groups is 1. The first-order valence-electron chi connectivity index (χ1n) is 7.86. The molecule has 0 aliphatic rings. The van der Waals surface area contributed by atoms with E-state index in [-0.39, 0.29) is 5.91 Å². The molecule has 2 aromatic heterocycles. The summed E-state index contributed by atoms with van der Waals surface area (Å²) in [4.78, 5) is 16.4. The Kier molecular flexibility index (Phi) is 4.42. The van der Waals surface area contributed by atoms with E-state index in [2.05, 4.69) is 41.4 Å². The van der Waals surface area contributed by atoms with Crippen LogP contribution in [0.15, 0.2) is 48.8 Å². The standard InChI is InChI=1S/C19H20N4O/c1-13-6-7-17(9-14(13)2)23-15(3)10-18(22-23)19(24)21-12-16-5-4-8-20-11-16/h4-11H,12H2,1-3H3,(H,21,24). The van der Waals surface area contributed by atoms with Crippen LogP contribution in [0, 0.1) is 20.8 Å². The number of pyridine rings is 1. The number of nitrogens with one attached hydrogen (secondary N) is 1. The van der Waals surface area contributed by atoms with E-state index in [0.717, 1.165) is 16.9 Å². The van der Waals surface area contributed by atoms with Crippen molar-refractivity contribution in [2.75, 3.05) is 0 Å². The van der Waals surface area contributed by atoms with Gasteiger partial charge < -0.3 is 5.32 Å². The van der Waals surface area contributed by atoms with E-state index in [0.29, 0.717) is 12.2 Å². The predicted octanol–water partition coefficient (Wildman–Crippen LogP) is 3.12. The second-order valence-electron chi connectivity index (χ2n) is 5.90. The van der Waals surface area contributed by atoms with Crippen molar-refractivity contribution in [2.45, 2.75) is 27.3 Å². The minimum atomic E-state index is -0.190. The van der Waals surface area contributed by atoms with Crippen LogP contribution in [0.5, 0.6) is 0 Å². The smallest absolute Gasteiger partial charge is 0.272 e. The molecule has 1 N–H and O–H groups in total. The first-order valence-corrected chi connectivity index (χ1v) is 7.86. The van der Waals surface area contributed by atoms with Crippen LogP contribution in [0.4, 0.5) is 0 Å². The van der Waals surface area contributed by atoms with Crippen molar-refractivity contribution in [3.05, 3.63) is 76.9 Å². The monoisotopic (exact) mass is 320 g/mol. The van der Waals surface area contributed by atoms with Crippen molar-refractivity contribution in [3.8, 4) is 5.69 Å². The van der Waals surface area contributed by atoms with Crippen molar-refractivity contribution >= 4 is 5.91 Å². The van der Waals surface area contributed by atoms with E-state index in [1.165, 1.54) is 11.1 Å². The summed E-state index contributed by atoms with van der Waals surface area (Å²) in [6, 6.07) is 11.7. The summed E-state index contributed by atoms with van der Waals surface area (Å²) in [5, 5.41) is 7.32. The quantitative estimate of drug-likeness (QED) is 0.803. The number of hydrogen-bond donors (Lipinski definition) is 1. The van der Waals surface area contributed by atoms with Crippen molar-refractivity contribution < 1.29 is 4.79 Å². The van der Waals surface area contributed by atoms with Gasteiger partial charge in [-0.1, -0.05) is 12.1 Å². The lowest BCUT2D eigenvalue weighted by molar-refractivity contribution is 0.0945. The largest absolute Gasteiger partial charge is 0.347 e. The SMILES string of the molecule is Cc1ccc(-n2nc(C(=O)NCc3cccnc3)cc2C)cc1C. The van der Waals surface area contributed by atoms with Crippen LogP contribution in [-0.4, -0.2) is 20.7 Å². The fourth-order valence-corrected chi connectivity index (χ4v) is 2.48. The molecule has 0 unspecified atom stereocenters. The van der Waals surface area contributed by atoms with Crippen LogP contribution >= 0.6 is 0 Å². The molecular weight excluding hydrogens is 300 g/mol. The average molecular weight is 320 g/mol. The van der Waals surface area contributed by atoms with Crippen molar-refractivity contribution in [1.29, 1.82) is 0 Å². The summed E-state index contributed by atoms with van der Waals surface area (Å²) in [6.45, 7) is 6.52. The number of aryl methyl sites for hydroxylation is 3. The number of benzene rings is 1. The van der Waals surface area contributed by atoms with Gasteiger partial charge in [-0.15, -0.1) is 0 Å². The summed E-state index contributed by atoms with van der Waals surface area (Å²) in [5.74, 6) is -0.190. The molecule has 5 nitrogen and oxygen atoms in total. The summed E-state index contributed by atoms with van der Waals surface area (Å²) in [7, 11) is 0. The summed E-state index contributed by atoms with van der Waals surface area (Å²) < 4.78 is 1.80. The minimum Gasteiger partial charge on any atom is -0.347 e. The molecule has 0 saturated heterocycles. The van der Waals surface area contributed by atoms with Crippen LogP contribution in [0.1, 0.15) is 32.9 Å². The Labute approximate surface area is 141 Å². The van der Waals surface area contributed by atoms with Crippen LogP contribution in [0.3, 0.4) is 0 Å². The molecule has 0 radical (unpaired) electrons. The molecule has 0 aliphatic heterocycles. The van der Waals surface area contributed by atoms with E-state index in [1.54, 1.807) is 23.1 Å². The molecule has 5 heteroatoms. The molecular formula is C19H20N4O. The first-order chi connectivity index (χ1) is 11.5. The molecule has 0 spiro atoms. The maximum atomic E-state index is 12.3. The zero-order valence-corrected chi connectivity index (χ0v) is 14.1. The number of rotatable bonds is 4. The molecule has 122 valence electrons. The molecule has 3 aromatic rings. The summed E-state index contributed by atoms with van der Waals surface area (Å²) in [5.41, 5.74) is 5.68. The van der Waals surface area contributed by atoms with Crippen molar-refractivity contribution in [2.24, 2.45) is 0 Å². The van der Waals surface area contributed by atoms with Gasteiger partial charge in [0, 0.05) is 24.6 Å². The number of nitrogens with zero attached hydrogens (tertiary/aromatic N) is 3. The van der Waals surface area contributed by atoms with Gasteiger partial charge in [0.05, 0.1) is 5.69 Å². The van der Waals surface area contributed by atoms with Gasteiger partial charge in [0.15, 0.2) is 5.69 Å². The summed E-state index contributed by atoms with van der Waals surface area (Å²) >= 11 is 0. The number of aromatic nitrogens is 3. The molecule has 1 amide bonds. The Morgan fingerprint density at radius 2 is 1.96 bits per heavy atom. The van der Waals surface area contributed by atoms with Gasteiger partial charge in [-0.25, -0.2) is 4.68 Å². The Balaban J connectivity index is 1.78. The zero-order valence-electron chi connectivity index (χ0n) is 14.1. The summed E-state index contributed by atoms with van der Waals surface area (Å²) in [6.07, 6.45) is 3.44. The predicted molar refractivity (Wildman–Crippen MR) is 93.2 cm³/mol. The lowest BCUT2D eigenvalue weighted by Gasteiger charge is -2.07. The first kappa shape index (κ1) is 15.9. The lowest BCUT2D eigenvalue weighted by Crippen LogP contribution is -2.23. The minimum absolute atomic E-state index is 0.190. The molecule has 0 bridgehead atoms. The third kappa shape index (κ3) is 3.35. The fraction of sp³-hybridized carbons (Fsp3) is 0.211. The highest BCUT2D eigenvalue weighted by atomic mass is 16.1. The average Bonchev–Trinajstić information content (AvgIpc) is 2.98. The van der Waals surface area contributed by atoms with Crippen molar-refractivity contribution in [3.63, 3.8) is 0 Å². The molecule has 2 heterocycles. The maximum absolute atomic E-state index is 12.3. The molecule has 1 aromatic carbocycles. The van der Waals surface area contributed by atoms with Gasteiger partial charge in [0.2, 0.25) is 0 Å². The van der Waals surface area contributed by atoms with E-state index in [4.69, 9.17) is 0 Å². The maximum Gasteiger partial charge on any atom is 0.272 e. The third-order valence-corrected chi connectivity index (χ3v) is 4.03. The lowest BCUT2D eigenvalue weighted by atomic mass is 10.1. The number of carbonyl (C=O) groups excluding carboxylic acids is 1. The zero-order chi connectivity index (χ0) is 17.1. The molecule has 0 fully saturated rings. The van der Waals surface area contributed by atoms with E-state index in [1.807, 2.05) is 25.1 Å². The fourth-order valence-electron chi connectivity index (χ4n) is 2.48. The highest BCUT2D eigenvalue weighted by molar-refractivity contribution is 5.92. The Bertz CT molecular complexity index is 868. The van der Waals surface area contributed by atoms with Crippen LogP contribution in [0.2, 0.25) is 0 Å². The van der Waals surface area contributed by atoms with Gasteiger partial charge in [0.1, 0.15) is 0 Å². The number of amides is 1. The second-order valence-corrected chi connectivity index (χ2v) is 5.90. The van der Waals surface area contributed by atoms with Gasteiger partial charge in [-0.05, 0) is 61.7 Å². The molecule has 24 heavy (non-hydrogen) atoms. The third-order valence-electron chi connectivity index (χ3n) is 4.03. The highest BCUT2D eigenvalue weighted by Crippen LogP contribution is 2.16. The van der Waals surface area contributed by atoms with Gasteiger partial charge in [-0.3, -0.25) is 9.78 Å². The van der Waals surface area contributed by atoms with Gasteiger partial charge >= 0.3 is 0 Å².